The van der Waals surface area contributed by atoms with Crippen molar-refractivity contribution in [1.82, 2.24) is 29.7 Å². The van der Waals surface area contributed by atoms with Crippen LogP contribution in [0.1, 0.15) is 110 Å². The Balaban J connectivity index is 1.22. The molecule has 0 bridgehead atoms. The van der Waals surface area contributed by atoms with E-state index in [9.17, 15) is 14.4 Å². The number of hydrogen-bond acceptors (Lipinski definition) is 7. The number of nitrogens with zero attached hydrogens (tertiary/aromatic N) is 6. The zero-order chi connectivity index (χ0) is 29.1. The van der Waals surface area contributed by atoms with E-state index in [1.807, 2.05) is 18.2 Å². The summed E-state index contributed by atoms with van der Waals surface area (Å²) in [6.45, 7) is 3.98. The highest BCUT2D eigenvalue weighted by Gasteiger charge is 2.39. The number of aromatic nitrogens is 3. The number of piperidine rings is 1. The minimum atomic E-state index is -0.307. The van der Waals surface area contributed by atoms with Crippen LogP contribution < -0.4 is 0 Å². The van der Waals surface area contributed by atoms with Crippen molar-refractivity contribution in [1.29, 1.82) is 0 Å². The lowest BCUT2D eigenvalue weighted by Gasteiger charge is -2.32. The number of likely N-dealkylation sites (tertiary alicyclic amines) is 1. The number of ether oxygens (including phenoxy) is 1. The second kappa shape index (κ2) is 10.8. The summed E-state index contributed by atoms with van der Waals surface area (Å²) in [6.07, 6.45) is 10.1. The Morgan fingerprint density at radius 2 is 1.70 bits per heavy atom. The predicted octanol–water partition coefficient (Wildman–Crippen LogP) is 5.07. The molecule has 1 saturated carbocycles. The van der Waals surface area contributed by atoms with Gasteiger partial charge in [-0.1, -0.05) is 12.5 Å². The van der Waals surface area contributed by atoms with Crippen LogP contribution in [-0.2, 0) is 27.4 Å². The second-order valence-corrected chi connectivity index (χ2v) is 12.8. The molecule has 1 unspecified atom stereocenters. The summed E-state index contributed by atoms with van der Waals surface area (Å²) in [5.74, 6) is -0.498. The average Bonchev–Trinajstić information content (AvgIpc) is 3.71. The van der Waals surface area contributed by atoms with Gasteiger partial charge in [0.15, 0.2) is 6.23 Å². The number of imide groups is 1. The summed E-state index contributed by atoms with van der Waals surface area (Å²) in [6, 6.07) is 7.99. The molecule has 10 heteroatoms. The van der Waals surface area contributed by atoms with Crippen LogP contribution in [0.15, 0.2) is 24.3 Å². The number of carbonyl (C=O) groups excluding carboxylic acids is 3. The number of carbonyl (C=O) groups is 3. The first-order valence-electron chi connectivity index (χ1n) is 16.1. The average molecular weight is 583 g/mol. The molecule has 0 N–H and O–H groups in total. The number of amides is 3. The van der Waals surface area contributed by atoms with Gasteiger partial charge >= 0.3 is 0 Å². The quantitative estimate of drug-likeness (QED) is 0.374. The Kier molecular flexibility index (Phi) is 6.78. The summed E-state index contributed by atoms with van der Waals surface area (Å²) in [7, 11) is 0. The number of hydrogen-bond donors (Lipinski definition) is 0. The molecule has 1 aliphatic carbocycles. The van der Waals surface area contributed by atoms with Crippen LogP contribution >= 0.6 is 0 Å². The molecule has 6 heterocycles. The fourth-order valence-corrected chi connectivity index (χ4v) is 7.41. The number of benzene rings is 1. The third-order valence-electron chi connectivity index (χ3n) is 9.95. The van der Waals surface area contributed by atoms with E-state index in [4.69, 9.17) is 14.8 Å². The molecule has 1 atom stereocenters. The van der Waals surface area contributed by atoms with Crippen LogP contribution in [0.2, 0.25) is 0 Å². The lowest BCUT2D eigenvalue weighted by molar-refractivity contribution is -0.163. The Labute approximate surface area is 250 Å². The lowest BCUT2D eigenvalue weighted by Crippen LogP contribution is -2.51. The van der Waals surface area contributed by atoms with Crippen molar-refractivity contribution in [2.45, 2.75) is 95.9 Å². The highest BCUT2D eigenvalue weighted by molar-refractivity contribution is 6.04. The van der Waals surface area contributed by atoms with Gasteiger partial charge in [-0.25, -0.2) is 14.7 Å². The maximum atomic E-state index is 13.3. The van der Waals surface area contributed by atoms with Crippen LogP contribution in [0.4, 0.5) is 0 Å². The van der Waals surface area contributed by atoms with Crippen molar-refractivity contribution in [3.63, 3.8) is 0 Å². The van der Waals surface area contributed by atoms with E-state index in [1.165, 1.54) is 29.8 Å². The van der Waals surface area contributed by atoms with Crippen molar-refractivity contribution >= 4 is 28.8 Å². The highest BCUT2D eigenvalue weighted by Crippen LogP contribution is 2.42. The molecular weight excluding hydrogens is 544 g/mol. The van der Waals surface area contributed by atoms with E-state index < -0.39 is 0 Å². The van der Waals surface area contributed by atoms with Gasteiger partial charge in [0.25, 0.3) is 5.91 Å². The van der Waals surface area contributed by atoms with E-state index in [0.717, 1.165) is 96.9 Å². The van der Waals surface area contributed by atoms with Crippen molar-refractivity contribution < 1.29 is 19.1 Å². The minimum Gasteiger partial charge on any atom is -0.356 e. The molecule has 3 aromatic rings. The summed E-state index contributed by atoms with van der Waals surface area (Å²) in [5, 5.41) is 7.62. The molecule has 3 saturated heterocycles. The molecule has 4 fully saturated rings. The topological polar surface area (TPSA) is 101 Å². The molecule has 10 nitrogen and oxygen atoms in total. The van der Waals surface area contributed by atoms with Gasteiger partial charge < -0.3 is 4.74 Å². The molecule has 224 valence electrons. The third kappa shape index (κ3) is 4.66. The number of pyridine rings is 1. The molecule has 8 rings (SSSR count). The van der Waals surface area contributed by atoms with Gasteiger partial charge in [-0.05, 0) is 93.8 Å². The summed E-state index contributed by atoms with van der Waals surface area (Å²) in [5.41, 5.74) is 7.53. The minimum absolute atomic E-state index is 0.0627. The number of hydrazine groups is 1. The molecule has 0 spiro atoms. The second-order valence-electron chi connectivity index (χ2n) is 12.8. The molecule has 0 radical (unpaired) electrons. The Morgan fingerprint density at radius 1 is 0.884 bits per heavy atom. The van der Waals surface area contributed by atoms with Crippen LogP contribution in [-0.4, -0.2) is 67.1 Å². The fourth-order valence-electron chi connectivity index (χ4n) is 7.41. The smallest absolute Gasteiger partial charge is 0.273 e. The van der Waals surface area contributed by atoms with Crippen molar-refractivity contribution in [2.75, 3.05) is 19.7 Å². The molecule has 43 heavy (non-hydrogen) atoms. The Bertz CT molecular complexity index is 1600. The van der Waals surface area contributed by atoms with Gasteiger partial charge in [0.1, 0.15) is 5.52 Å². The predicted molar refractivity (Wildman–Crippen MR) is 158 cm³/mol. The van der Waals surface area contributed by atoms with Crippen molar-refractivity contribution in [2.24, 2.45) is 0 Å². The third-order valence-corrected chi connectivity index (χ3v) is 9.95. The zero-order valence-electron chi connectivity index (χ0n) is 24.6. The van der Waals surface area contributed by atoms with E-state index in [1.54, 1.807) is 0 Å². The van der Waals surface area contributed by atoms with E-state index in [2.05, 4.69) is 15.6 Å². The largest absolute Gasteiger partial charge is 0.356 e. The number of fused-ring (bicyclic) bond motifs is 2. The molecule has 3 amide bonds. The van der Waals surface area contributed by atoms with Crippen LogP contribution in [0.25, 0.3) is 22.3 Å². The first kappa shape index (κ1) is 27.0. The zero-order valence-corrected chi connectivity index (χ0v) is 24.6. The monoisotopic (exact) mass is 582 g/mol. The first-order chi connectivity index (χ1) is 21.0. The maximum absolute atomic E-state index is 13.3. The van der Waals surface area contributed by atoms with Crippen molar-refractivity contribution in [3.8, 4) is 11.3 Å². The van der Waals surface area contributed by atoms with Gasteiger partial charge in [0, 0.05) is 43.0 Å². The maximum Gasteiger partial charge on any atom is 0.273 e. The van der Waals surface area contributed by atoms with Gasteiger partial charge in [-0.15, -0.1) is 0 Å². The van der Waals surface area contributed by atoms with Gasteiger partial charge in [-0.3, -0.25) is 19.3 Å². The molecule has 1 aromatic carbocycles. The van der Waals surface area contributed by atoms with E-state index in [-0.39, 0.29) is 43.3 Å². The Hall–Kier alpha value is -3.63. The SMILES string of the molecule is O=C1c2ccc(-c3cc(CN4CCCC4)c4c(n3)c(C3CCC3)nn4C3CCCCO3)cc2CN1N1C(=O)CCCC1=O. The van der Waals surface area contributed by atoms with Gasteiger partial charge in [-0.2, -0.15) is 10.1 Å². The van der Waals surface area contributed by atoms with Crippen LogP contribution in [0.5, 0.6) is 0 Å². The summed E-state index contributed by atoms with van der Waals surface area (Å²) in [4.78, 5) is 46.3. The number of rotatable bonds is 6. The summed E-state index contributed by atoms with van der Waals surface area (Å²) >= 11 is 0. The van der Waals surface area contributed by atoms with Gasteiger partial charge in [0.2, 0.25) is 11.8 Å². The highest BCUT2D eigenvalue weighted by atomic mass is 16.5. The Morgan fingerprint density at radius 3 is 2.42 bits per heavy atom. The lowest BCUT2D eigenvalue weighted by atomic mass is 9.82. The van der Waals surface area contributed by atoms with Gasteiger partial charge in [0.05, 0.1) is 23.4 Å². The van der Waals surface area contributed by atoms with E-state index >= 15 is 0 Å². The van der Waals surface area contributed by atoms with Crippen molar-refractivity contribution in [3.05, 3.63) is 46.6 Å². The van der Waals surface area contributed by atoms with Crippen LogP contribution in [0.3, 0.4) is 0 Å². The normalized spacial score (nSPS) is 23.4. The summed E-state index contributed by atoms with van der Waals surface area (Å²) < 4.78 is 8.41. The first-order valence-corrected chi connectivity index (χ1v) is 16.1. The molecule has 5 aliphatic rings. The van der Waals surface area contributed by atoms with E-state index in [0.29, 0.717) is 17.9 Å². The standard InChI is InChI=1S/C33H38N6O4/c40-27-9-6-10-28(41)39(27)37-20-23-17-22(12-13-25(23)33(37)42)26-18-24(19-36-14-2-3-15-36)32-31(34-26)30(21-7-5-8-21)35-38(32)29-11-1-4-16-43-29/h12-13,17-18,21,29H,1-11,14-16,19-20H2. The molecular formula is C33H38N6O4. The fraction of sp³-hybridized carbons (Fsp3) is 0.545. The van der Waals surface area contributed by atoms with Crippen LogP contribution in [0, 0.1) is 0 Å². The molecule has 4 aliphatic heterocycles. The molecule has 2 aromatic heterocycles.